The fourth-order valence-corrected chi connectivity index (χ4v) is 4.07. The fraction of sp³-hybridized carbons (Fsp3) is 0.100. The second-order valence-electron chi connectivity index (χ2n) is 6.49. The minimum atomic E-state index is -0.208. The zero-order valence-corrected chi connectivity index (χ0v) is 19.1. The van der Waals surface area contributed by atoms with Crippen molar-refractivity contribution in [2.45, 2.75) is 6.54 Å². The molecule has 2 N–H and O–H groups in total. The summed E-state index contributed by atoms with van der Waals surface area (Å²) < 4.78 is 1.67. The monoisotopic (exact) mass is 492 g/mol. The van der Waals surface area contributed by atoms with Crippen LogP contribution in [0.2, 0.25) is 15.1 Å². The Labute approximate surface area is 197 Å². The molecule has 31 heavy (non-hydrogen) atoms. The molecule has 0 spiro atoms. The number of nitrogens with one attached hydrogen (secondary N) is 2. The highest BCUT2D eigenvalue weighted by Gasteiger charge is 2.15. The van der Waals surface area contributed by atoms with E-state index >= 15 is 0 Å². The van der Waals surface area contributed by atoms with Gasteiger partial charge in [-0.1, -0.05) is 40.9 Å². The van der Waals surface area contributed by atoms with E-state index in [1.165, 1.54) is 17.5 Å². The second-order valence-corrected chi connectivity index (χ2v) is 8.62. The van der Waals surface area contributed by atoms with E-state index in [-0.39, 0.29) is 5.91 Å². The first-order chi connectivity index (χ1) is 14.9. The number of benzene rings is 1. The van der Waals surface area contributed by atoms with Gasteiger partial charge in [0.15, 0.2) is 0 Å². The number of nitrogens with zero attached hydrogens (tertiary/aromatic N) is 4. The quantitative estimate of drug-likeness (QED) is 0.367. The summed E-state index contributed by atoms with van der Waals surface area (Å²) in [5, 5.41) is 13.2. The molecule has 4 rings (SSSR count). The Balaban J connectivity index is 1.48. The van der Waals surface area contributed by atoms with Gasteiger partial charge in [0.2, 0.25) is 5.95 Å². The Kier molecular flexibility index (Phi) is 6.43. The van der Waals surface area contributed by atoms with Crippen molar-refractivity contribution >= 4 is 63.8 Å². The van der Waals surface area contributed by atoms with Crippen molar-refractivity contribution in [3.05, 3.63) is 73.6 Å². The molecule has 7 nitrogen and oxygen atoms in total. The first-order valence-corrected chi connectivity index (χ1v) is 11.0. The third-order valence-corrected chi connectivity index (χ3v) is 6.28. The molecule has 1 amide bonds. The normalized spacial score (nSPS) is 10.8. The van der Waals surface area contributed by atoms with E-state index in [0.717, 1.165) is 16.9 Å². The number of rotatable bonds is 6. The molecule has 0 aliphatic carbocycles. The zero-order chi connectivity index (χ0) is 22.0. The van der Waals surface area contributed by atoms with E-state index in [9.17, 15) is 4.79 Å². The smallest absolute Gasteiger partial charge is 0.261 e. The highest BCUT2D eigenvalue weighted by Crippen LogP contribution is 2.31. The number of aryl methyl sites for hydroxylation is 1. The van der Waals surface area contributed by atoms with E-state index in [4.69, 9.17) is 34.8 Å². The van der Waals surface area contributed by atoms with Gasteiger partial charge in [-0.3, -0.25) is 9.48 Å². The number of amides is 1. The maximum atomic E-state index is 12.6. The molecule has 3 heterocycles. The Bertz CT molecular complexity index is 1260. The molecule has 0 aliphatic heterocycles. The van der Waals surface area contributed by atoms with Crippen LogP contribution < -0.4 is 10.6 Å². The van der Waals surface area contributed by atoms with Gasteiger partial charge in [0.25, 0.3) is 5.91 Å². The molecule has 0 atom stereocenters. The van der Waals surface area contributed by atoms with Gasteiger partial charge >= 0.3 is 0 Å². The van der Waals surface area contributed by atoms with Crippen LogP contribution in [0.1, 0.15) is 15.2 Å². The highest BCUT2D eigenvalue weighted by atomic mass is 35.5. The number of carbonyl (C=O) groups excluding carboxylic acids is 1. The lowest BCUT2D eigenvalue weighted by molar-refractivity contribution is 0.0955. The number of aromatic nitrogens is 4. The van der Waals surface area contributed by atoms with Gasteiger partial charge in [-0.2, -0.15) is 5.10 Å². The van der Waals surface area contributed by atoms with Crippen LogP contribution in [0, 0.1) is 0 Å². The number of hydrogen-bond acceptors (Lipinski definition) is 6. The summed E-state index contributed by atoms with van der Waals surface area (Å²) in [4.78, 5) is 21.8. The molecule has 3 aromatic heterocycles. The maximum Gasteiger partial charge on any atom is 0.261 e. The third kappa shape index (κ3) is 4.99. The van der Waals surface area contributed by atoms with Gasteiger partial charge in [0.05, 0.1) is 38.0 Å². The van der Waals surface area contributed by atoms with Crippen molar-refractivity contribution in [1.82, 2.24) is 25.1 Å². The number of halogens is 3. The van der Waals surface area contributed by atoms with Gasteiger partial charge in [-0.15, -0.1) is 11.3 Å². The van der Waals surface area contributed by atoms with Crippen LogP contribution in [0.15, 0.2) is 48.1 Å². The van der Waals surface area contributed by atoms with Gasteiger partial charge in [0.1, 0.15) is 5.82 Å². The summed E-state index contributed by atoms with van der Waals surface area (Å²) in [5.41, 5.74) is 2.11. The van der Waals surface area contributed by atoms with Crippen molar-refractivity contribution in [3.63, 3.8) is 0 Å². The topological polar surface area (TPSA) is 84.7 Å². The Morgan fingerprint density at radius 2 is 1.97 bits per heavy atom. The Morgan fingerprint density at radius 3 is 2.71 bits per heavy atom. The van der Waals surface area contributed by atoms with Gasteiger partial charge < -0.3 is 10.6 Å². The molecule has 0 unspecified atom stereocenters. The van der Waals surface area contributed by atoms with E-state index in [2.05, 4.69) is 25.7 Å². The van der Waals surface area contributed by atoms with Crippen molar-refractivity contribution in [2.75, 3.05) is 5.32 Å². The van der Waals surface area contributed by atoms with Crippen molar-refractivity contribution in [1.29, 1.82) is 0 Å². The zero-order valence-electron chi connectivity index (χ0n) is 16.1. The summed E-state index contributed by atoms with van der Waals surface area (Å²) >= 11 is 19.6. The van der Waals surface area contributed by atoms with Crippen LogP contribution in [-0.4, -0.2) is 25.7 Å². The SMILES string of the molecule is Cn1nccc1Nc1ncc(Cl)c(-c2csc(C(=O)NCc3ccc(Cl)c(Cl)c3)c2)n1. The molecule has 0 fully saturated rings. The van der Waals surface area contributed by atoms with Gasteiger partial charge in [-0.05, 0) is 23.8 Å². The summed E-state index contributed by atoms with van der Waals surface area (Å²) in [6.45, 7) is 0.329. The lowest BCUT2D eigenvalue weighted by Gasteiger charge is -2.07. The van der Waals surface area contributed by atoms with Crippen molar-refractivity contribution < 1.29 is 4.79 Å². The fourth-order valence-electron chi connectivity index (χ4n) is 2.74. The lowest BCUT2D eigenvalue weighted by atomic mass is 10.2. The maximum absolute atomic E-state index is 12.6. The summed E-state index contributed by atoms with van der Waals surface area (Å²) in [5.74, 6) is 0.904. The molecule has 11 heteroatoms. The predicted octanol–water partition coefficient (Wildman–Crippen LogP) is 5.57. The molecule has 158 valence electrons. The van der Waals surface area contributed by atoms with Crippen LogP contribution in [0.5, 0.6) is 0 Å². The Hall–Kier alpha value is -2.65. The van der Waals surface area contributed by atoms with E-state index in [1.54, 1.807) is 42.2 Å². The molecule has 1 aromatic carbocycles. The molecular formula is C20H15Cl3N6OS. The Morgan fingerprint density at radius 1 is 1.13 bits per heavy atom. The standard InChI is InChI=1S/C20H15Cl3N6OS/c1-29-17(4-5-26-29)27-20-25-9-15(23)18(28-20)12-7-16(31-10-12)19(30)24-8-11-2-3-13(21)14(22)6-11/h2-7,9-10H,8H2,1H3,(H,24,30)(H,25,27,28). The van der Waals surface area contributed by atoms with Crippen molar-refractivity contribution in [3.8, 4) is 11.3 Å². The average Bonchev–Trinajstić information content (AvgIpc) is 3.40. The number of carbonyl (C=O) groups is 1. The molecular weight excluding hydrogens is 479 g/mol. The largest absolute Gasteiger partial charge is 0.347 e. The predicted molar refractivity (Wildman–Crippen MR) is 124 cm³/mol. The lowest BCUT2D eigenvalue weighted by Crippen LogP contribution is -2.21. The van der Waals surface area contributed by atoms with E-state index in [1.807, 2.05) is 11.4 Å². The first kappa shape index (κ1) is 21.6. The molecule has 0 radical (unpaired) electrons. The number of thiophene rings is 1. The molecule has 0 saturated carbocycles. The van der Waals surface area contributed by atoms with Crippen LogP contribution in [0.25, 0.3) is 11.3 Å². The highest BCUT2D eigenvalue weighted by molar-refractivity contribution is 7.12. The summed E-state index contributed by atoms with van der Waals surface area (Å²) in [7, 11) is 1.81. The van der Waals surface area contributed by atoms with E-state index < -0.39 is 0 Å². The van der Waals surface area contributed by atoms with Crippen LogP contribution >= 0.6 is 46.1 Å². The summed E-state index contributed by atoms with van der Waals surface area (Å²) in [6, 6.07) is 8.78. The molecule has 4 aromatic rings. The van der Waals surface area contributed by atoms with Crippen LogP contribution in [0.4, 0.5) is 11.8 Å². The third-order valence-electron chi connectivity index (χ3n) is 4.34. The van der Waals surface area contributed by atoms with Crippen LogP contribution in [-0.2, 0) is 13.6 Å². The minimum Gasteiger partial charge on any atom is -0.347 e. The average molecular weight is 494 g/mol. The molecule has 0 saturated heterocycles. The first-order valence-electron chi connectivity index (χ1n) is 8.99. The number of anilines is 2. The van der Waals surface area contributed by atoms with E-state index in [0.29, 0.717) is 38.1 Å². The van der Waals surface area contributed by atoms with Gasteiger partial charge in [-0.25, -0.2) is 9.97 Å². The number of hydrogen-bond donors (Lipinski definition) is 2. The minimum absolute atomic E-state index is 0.208. The summed E-state index contributed by atoms with van der Waals surface area (Å²) in [6.07, 6.45) is 3.19. The second kappa shape index (κ2) is 9.23. The van der Waals surface area contributed by atoms with Crippen LogP contribution in [0.3, 0.4) is 0 Å². The van der Waals surface area contributed by atoms with Crippen molar-refractivity contribution in [2.24, 2.45) is 7.05 Å². The van der Waals surface area contributed by atoms with Gasteiger partial charge in [0, 0.05) is 30.6 Å². The molecule has 0 bridgehead atoms. The molecule has 0 aliphatic rings.